The highest BCUT2D eigenvalue weighted by atomic mass is 16.5. The lowest BCUT2D eigenvalue weighted by atomic mass is 10.2. The Morgan fingerprint density at radius 3 is 2.96 bits per heavy atom. The molecule has 2 rings (SSSR count). The number of benzene rings is 1. The molecule has 0 bridgehead atoms. The van der Waals surface area contributed by atoms with Crippen LogP contribution in [0.15, 0.2) is 36.5 Å². The molecule has 0 aliphatic carbocycles. The number of aryl methyl sites for hydroxylation is 1. The van der Waals surface area contributed by atoms with Gasteiger partial charge >= 0.3 is 0 Å². The van der Waals surface area contributed by atoms with Crippen LogP contribution < -0.4 is 10.1 Å². The Morgan fingerprint density at radius 2 is 2.22 bits per heavy atom. The smallest absolute Gasteiger partial charge is 0.225 e. The van der Waals surface area contributed by atoms with Gasteiger partial charge in [-0.1, -0.05) is 19.1 Å². The van der Waals surface area contributed by atoms with Crippen LogP contribution in [-0.2, 0) is 4.79 Å². The summed E-state index contributed by atoms with van der Waals surface area (Å²) >= 11 is 0. The molecule has 1 aromatic carbocycles. The zero-order chi connectivity index (χ0) is 16.7. The van der Waals surface area contributed by atoms with Gasteiger partial charge in [-0.3, -0.25) is 4.79 Å². The predicted octanol–water partition coefficient (Wildman–Crippen LogP) is 3.96. The van der Waals surface area contributed by atoms with Crippen LogP contribution in [0.25, 0.3) is 0 Å². The molecule has 0 aliphatic rings. The van der Waals surface area contributed by atoms with Gasteiger partial charge in [0.15, 0.2) is 0 Å². The topological polar surface area (TPSA) is 56.2 Å². The summed E-state index contributed by atoms with van der Waals surface area (Å²) in [6.07, 6.45) is 3.78. The standard InChI is InChI=1S/C18H25N3O2/c1-4-15(3)21-17(10-11-19-21)20-18(22)9-6-12-23-16-8-5-7-14(2)13-16/h5,7-8,10-11,13,15H,4,6,9,12H2,1-3H3,(H,20,22). The van der Waals surface area contributed by atoms with E-state index in [9.17, 15) is 4.79 Å². The summed E-state index contributed by atoms with van der Waals surface area (Å²) in [6, 6.07) is 10.0. The highest BCUT2D eigenvalue weighted by molar-refractivity contribution is 5.89. The predicted molar refractivity (Wildman–Crippen MR) is 91.8 cm³/mol. The van der Waals surface area contributed by atoms with Gasteiger partial charge in [0, 0.05) is 12.5 Å². The van der Waals surface area contributed by atoms with Crippen LogP contribution in [0.3, 0.4) is 0 Å². The summed E-state index contributed by atoms with van der Waals surface area (Å²) in [5.74, 6) is 1.59. The molecule has 1 heterocycles. The van der Waals surface area contributed by atoms with E-state index >= 15 is 0 Å². The molecule has 1 unspecified atom stereocenters. The number of nitrogens with one attached hydrogen (secondary N) is 1. The number of rotatable bonds is 8. The molecule has 0 radical (unpaired) electrons. The second-order valence-corrected chi connectivity index (χ2v) is 5.73. The van der Waals surface area contributed by atoms with Crippen molar-refractivity contribution in [2.75, 3.05) is 11.9 Å². The van der Waals surface area contributed by atoms with Gasteiger partial charge in [-0.2, -0.15) is 5.10 Å². The van der Waals surface area contributed by atoms with Gasteiger partial charge in [0.1, 0.15) is 11.6 Å². The number of ether oxygens (including phenoxy) is 1. The summed E-state index contributed by atoms with van der Waals surface area (Å²) < 4.78 is 7.50. The maximum Gasteiger partial charge on any atom is 0.225 e. The van der Waals surface area contributed by atoms with Crippen molar-refractivity contribution in [3.8, 4) is 5.75 Å². The van der Waals surface area contributed by atoms with Gasteiger partial charge in [-0.05, 0) is 44.4 Å². The average Bonchev–Trinajstić information content (AvgIpc) is 2.99. The zero-order valence-electron chi connectivity index (χ0n) is 14.1. The Balaban J connectivity index is 1.74. The van der Waals surface area contributed by atoms with E-state index in [2.05, 4.69) is 24.3 Å². The molecule has 2 aromatic rings. The summed E-state index contributed by atoms with van der Waals surface area (Å²) in [7, 11) is 0. The molecule has 1 atom stereocenters. The van der Waals surface area contributed by atoms with Crippen molar-refractivity contribution in [1.29, 1.82) is 0 Å². The number of aromatic nitrogens is 2. The molecule has 0 aliphatic heterocycles. The minimum Gasteiger partial charge on any atom is -0.494 e. The van der Waals surface area contributed by atoms with E-state index in [1.807, 2.05) is 41.9 Å². The molecule has 5 heteroatoms. The fourth-order valence-electron chi connectivity index (χ4n) is 2.27. The van der Waals surface area contributed by atoms with Crippen LogP contribution in [0, 0.1) is 6.92 Å². The van der Waals surface area contributed by atoms with Crippen LogP contribution in [0.4, 0.5) is 5.82 Å². The second-order valence-electron chi connectivity index (χ2n) is 5.73. The molecule has 0 spiro atoms. The largest absolute Gasteiger partial charge is 0.494 e. The lowest BCUT2D eigenvalue weighted by molar-refractivity contribution is -0.116. The van der Waals surface area contributed by atoms with E-state index in [0.717, 1.165) is 18.0 Å². The van der Waals surface area contributed by atoms with E-state index in [-0.39, 0.29) is 11.9 Å². The Labute approximate surface area is 137 Å². The van der Waals surface area contributed by atoms with Crippen molar-refractivity contribution in [1.82, 2.24) is 9.78 Å². The van der Waals surface area contributed by atoms with Crippen molar-refractivity contribution in [2.45, 2.75) is 46.1 Å². The van der Waals surface area contributed by atoms with E-state index in [0.29, 0.717) is 19.4 Å². The highest BCUT2D eigenvalue weighted by Crippen LogP contribution is 2.17. The van der Waals surface area contributed by atoms with Crippen molar-refractivity contribution in [2.24, 2.45) is 0 Å². The number of carbonyl (C=O) groups is 1. The third-order valence-corrected chi connectivity index (χ3v) is 3.75. The van der Waals surface area contributed by atoms with Gasteiger partial charge in [0.25, 0.3) is 0 Å². The van der Waals surface area contributed by atoms with Crippen molar-refractivity contribution >= 4 is 11.7 Å². The maximum atomic E-state index is 12.0. The summed E-state index contributed by atoms with van der Waals surface area (Å²) in [5.41, 5.74) is 1.17. The molecule has 0 saturated heterocycles. The lowest BCUT2D eigenvalue weighted by Gasteiger charge is -2.14. The first-order chi connectivity index (χ1) is 11.1. The van der Waals surface area contributed by atoms with Gasteiger partial charge in [-0.15, -0.1) is 0 Å². The van der Waals surface area contributed by atoms with Crippen molar-refractivity contribution in [3.63, 3.8) is 0 Å². The van der Waals surface area contributed by atoms with Crippen LogP contribution in [0.5, 0.6) is 5.75 Å². The van der Waals surface area contributed by atoms with E-state index in [4.69, 9.17) is 4.74 Å². The maximum absolute atomic E-state index is 12.0. The number of hydrogen-bond acceptors (Lipinski definition) is 3. The number of anilines is 1. The lowest BCUT2D eigenvalue weighted by Crippen LogP contribution is -2.17. The summed E-state index contributed by atoms with van der Waals surface area (Å²) in [6.45, 7) is 6.74. The van der Waals surface area contributed by atoms with E-state index in [1.54, 1.807) is 6.20 Å². The summed E-state index contributed by atoms with van der Waals surface area (Å²) in [5, 5.41) is 7.18. The molecule has 1 aromatic heterocycles. The van der Waals surface area contributed by atoms with E-state index in [1.165, 1.54) is 5.56 Å². The van der Waals surface area contributed by atoms with Gasteiger partial charge in [-0.25, -0.2) is 4.68 Å². The quantitative estimate of drug-likeness (QED) is 0.750. The summed E-state index contributed by atoms with van der Waals surface area (Å²) in [4.78, 5) is 12.0. The van der Waals surface area contributed by atoms with Crippen LogP contribution in [0.2, 0.25) is 0 Å². The van der Waals surface area contributed by atoms with Crippen LogP contribution in [-0.4, -0.2) is 22.3 Å². The molecular formula is C18H25N3O2. The molecule has 1 N–H and O–H groups in total. The van der Waals surface area contributed by atoms with Gasteiger partial charge < -0.3 is 10.1 Å². The Hall–Kier alpha value is -2.30. The number of nitrogens with zero attached hydrogens (tertiary/aromatic N) is 2. The van der Waals surface area contributed by atoms with Gasteiger partial charge in [0.05, 0.1) is 18.8 Å². The van der Waals surface area contributed by atoms with Crippen molar-refractivity contribution in [3.05, 3.63) is 42.1 Å². The minimum atomic E-state index is -0.0112. The normalized spacial score (nSPS) is 12.0. The fourth-order valence-corrected chi connectivity index (χ4v) is 2.27. The minimum absolute atomic E-state index is 0.0112. The number of amides is 1. The van der Waals surface area contributed by atoms with E-state index < -0.39 is 0 Å². The molecule has 0 saturated carbocycles. The molecular weight excluding hydrogens is 290 g/mol. The first-order valence-corrected chi connectivity index (χ1v) is 8.13. The number of hydrogen-bond donors (Lipinski definition) is 1. The number of carbonyl (C=O) groups excluding carboxylic acids is 1. The highest BCUT2D eigenvalue weighted by Gasteiger charge is 2.11. The first-order valence-electron chi connectivity index (χ1n) is 8.13. The first kappa shape index (κ1) is 17.1. The Morgan fingerprint density at radius 1 is 1.39 bits per heavy atom. The third kappa shape index (κ3) is 5.13. The van der Waals surface area contributed by atoms with Crippen LogP contribution in [0.1, 0.15) is 44.7 Å². The Kier molecular flexibility index (Phi) is 6.20. The fraction of sp³-hybridized carbons (Fsp3) is 0.444. The molecule has 1 amide bonds. The second kappa shape index (κ2) is 8.36. The average molecular weight is 315 g/mol. The SMILES string of the molecule is CCC(C)n1nccc1NC(=O)CCCOc1cccc(C)c1. The Bertz CT molecular complexity index is 637. The third-order valence-electron chi connectivity index (χ3n) is 3.75. The van der Waals surface area contributed by atoms with Crippen LogP contribution >= 0.6 is 0 Å². The van der Waals surface area contributed by atoms with Crippen molar-refractivity contribution < 1.29 is 9.53 Å². The molecule has 124 valence electrons. The monoisotopic (exact) mass is 315 g/mol. The zero-order valence-corrected chi connectivity index (χ0v) is 14.1. The molecule has 5 nitrogen and oxygen atoms in total. The van der Waals surface area contributed by atoms with Gasteiger partial charge in [0.2, 0.25) is 5.91 Å². The molecule has 0 fully saturated rings. The molecule has 23 heavy (non-hydrogen) atoms.